The Morgan fingerprint density at radius 2 is 1.12 bits per heavy atom. The SMILES string of the molecule is CC(C)(C)Nc1cc(Br)c2sc(-c3ccnn3C3CCCCO3)cc2n1.CC[C@@H](CO)Nc1cc(N)nc2cc(-c3ccn[nH]3)sc12.CC[C@@H](CO)Nc1cc(NC(C)(C)C)nc2cc(-c3ccnn3C3CCCCO3)sc12.CC[C@H](N)CO. The number of pyridine rings is 3. The molecule has 5 atom stereocenters. The molecule has 2 aliphatic heterocycles. The molecule has 9 aromatic rings. The Kier molecular flexibility index (Phi) is 22.6. The topological polar surface area (TPSA) is 282 Å². The molecule has 2 saturated heterocycles. The highest BCUT2D eigenvalue weighted by atomic mass is 79.9. The van der Waals surface area contributed by atoms with E-state index < -0.39 is 0 Å². The maximum Gasteiger partial charge on any atom is 0.150 e. The molecule has 20 nitrogen and oxygen atoms in total. The third-order valence-electron chi connectivity index (χ3n) is 13.8. The lowest BCUT2D eigenvalue weighted by Gasteiger charge is -2.24. The predicted molar refractivity (Wildman–Crippen MR) is 350 cm³/mol. The lowest BCUT2D eigenvalue weighted by Crippen LogP contribution is -2.27. The van der Waals surface area contributed by atoms with Crippen molar-refractivity contribution in [3.05, 3.63) is 77.7 Å². The summed E-state index contributed by atoms with van der Waals surface area (Å²) in [5.41, 5.74) is 18.8. The highest BCUT2D eigenvalue weighted by Gasteiger charge is 2.25. The van der Waals surface area contributed by atoms with E-state index in [4.69, 9.17) is 36.0 Å². The Balaban J connectivity index is 0.000000159. The normalized spacial score (nSPS) is 16.6. The summed E-state index contributed by atoms with van der Waals surface area (Å²) >= 11 is 8.76. The molecule has 12 N–H and O–H groups in total. The number of anilines is 5. The maximum absolute atomic E-state index is 9.74. The van der Waals surface area contributed by atoms with Crippen LogP contribution in [0.1, 0.15) is 133 Å². The van der Waals surface area contributed by atoms with Gasteiger partial charge in [-0.15, -0.1) is 34.0 Å². The Bertz CT molecular complexity index is 3470. The Morgan fingerprint density at radius 3 is 1.57 bits per heavy atom. The summed E-state index contributed by atoms with van der Waals surface area (Å²) in [6.07, 6.45) is 14.6. The van der Waals surface area contributed by atoms with Crippen LogP contribution >= 0.6 is 49.9 Å². The monoisotopic (exact) mass is 1270 g/mol. The van der Waals surface area contributed by atoms with Crippen LogP contribution in [-0.2, 0) is 9.47 Å². The minimum absolute atomic E-state index is 0.000182. The molecule has 11 heterocycles. The number of nitrogens with two attached hydrogens (primary N) is 2. The first-order valence-corrected chi connectivity index (χ1v) is 32.3. The lowest BCUT2D eigenvalue weighted by molar-refractivity contribution is -0.0384. The molecule has 0 aliphatic carbocycles. The van der Waals surface area contributed by atoms with Gasteiger partial charge in [-0.25, -0.2) is 24.3 Å². The van der Waals surface area contributed by atoms with E-state index in [9.17, 15) is 10.2 Å². The van der Waals surface area contributed by atoms with Gasteiger partial charge in [0.1, 0.15) is 17.5 Å². The van der Waals surface area contributed by atoms with Crippen LogP contribution in [0.25, 0.3) is 62.4 Å². The van der Waals surface area contributed by atoms with Gasteiger partial charge >= 0.3 is 0 Å². The number of aliphatic hydroxyl groups is 3. The van der Waals surface area contributed by atoms with Crippen LogP contribution in [0, 0.1) is 0 Å². The number of hydrogen-bond donors (Lipinski definition) is 10. The number of aromatic amines is 1. The number of rotatable bonds is 17. The number of nitrogen functional groups attached to an aromatic ring is 1. The number of aromatic nitrogens is 9. The zero-order chi connectivity index (χ0) is 60.1. The number of H-pyrrole nitrogens is 1. The van der Waals surface area contributed by atoms with E-state index in [0.717, 1.165) is 154 Å². The van der Waals surface area contributed by atoms with Crippen LogP contribution in [0.5, 0.6) is 0 Å². The molecule has 84 heavy (non-hydrogen) atoms. The van der Waals surface area contributed by atoms with Crippen molar-refractivity contribution >= 4 is 109 Å². The van der Waals surface area contributed by atoms with Gasteiger partial charge in [-0.05, 0) is 158 Å². The number of ether oxygens (including phenoxy) is 2. The van der Waals surface area contributed by atoms with Gasteiger partial charge in [0.05, 0.1) is 93.6 Å². The Labute approximate surface area is 512 Å². The number of nitrogens with zero attached hydrogens (tertiary/aromatic N) is 8. The fraction of sp³-hybridized carbons (Fsp3) is 0.500. The van der Waals surface area contributed by atoms with Crippen molar-refractivity contribution in [2.24, 2.45) is 5.73 Å². The van der Waals surface area contributed by atoms with Gasteiger partial charge in [0.2, 0.25) is 0 Å². The van der Waals surface area contributed by atoms with Gasteiger partial charge in [0.15, 0.2) is 12.5 Å². The molecule has 24 heteroatoms. The summed E-state index contributed by atoms with van der Waals surface area (Å²) in [6.45, 7) is 20.7. The first kappa shape index (κ1) is 64.2. The van der Waals surface area contributed by atoms with E-state index >= 15 is 0 Å². The minimum atomic E-state index is -0.102. The molecule has 0 radical (unpaired) electrons. The van der Waals surface area contributed by atoms with Crippen LogP contribution < -0.4 is 32.7 Å². The molecule has 9 aromatic heterocycles. The van der Waals surface area contributed by atoms with Crippen LogP contribution in [-0.4, -0.2) is 122 Å². The lowest BCUT2D eigenvalue weighted by atomic mass is 10.1. The van der Waals surface area contributed by atoms with Crippen LogP contribution in [0.4, 0.5) is 28.8 Å². The molecule has 0 aromatic carbocycles. The third-order valence-corrected chi connectivity index (χ3v) is 18.2. The van der Waals surface area contributed by atoms with Gasteiger partial charge in [0.25, 0.3) is 0 Å². The zero-order valence-electron chi connectivity index (χ0n) is 49.7. The number of nitrogens with one attached hydrogen (secondary N) is 5. The first-order valence-electron chi connectivity index (χ1n) is 29.0. The summed E-state index contributed by atoms with van der Waals surface area (Å²) in [4.78, 5) is 17.4. The first-order chi connectivity index (χ1) is 40.3. The highest BCUT2D eigenvalue weighted by Crippen LogP contribution is 2.42. The molecule has 0 saturated carbocycles. The molecule has 2 aliphatic rings. The average Bonchev–Trinajstić information content (AvgIpc) is 2.39. The molecular weight excluding hydrogens is 1190 g/mol. The molecule has 0 bridgehead atoms. The van der Waals surface area contributed by atoms with Gasteiger partial charge in [-0.2, -0.15) is 15.3 Å². The summed E-state index contributed by atoms with van der Waals surface area (Å²) in [6, 6.07) is 18.2. The van der Waals surface area contributed by atoms with Crippen molar-refractivity contribution in [2.75, 3.05) is 60.0 Å². The third kappa shape index (κ3) is 17.0. The number of aliphatic hydroxyl groups excluding tert-OH is 3. The largest absolute Gasteiger partial charge is 0.395 e. The second-order valence-corrected chi connectivity index (χ2v) is 27.0. The van der Waals surface area contributed by atoms with Crippen molar-refractivity contribution in [1.29, 1.82) is 0 Å². The molecule has 11 rings (SSSR count). The van der Waals surface area contributed by atoms with Gasteiger partial charge in [-0.1, -0.05) is 20.8 Å². The van der Waals surface area contributed by atoms with E-state index in [-0.39, 0.29) is 61.5 Å². The van der Waals surface area contributed by atoms with Crippen molar-refractivity contribution < 1.29 is 24.8 Å². The number of hydrogen-bond acceptors (Lipinski definition) is 20. The molecule has 0 amide bonds. The van der Waals surface area contributed by atoms with E-state index in [1.807, 2.05) is 65.9 Å². The van der Waals surface area contributed by atoms with Gasteiger partial charge in [-0.3, -0.25) is 5.10 Å². The smallest absolute Gasteiger partial charge is 0.150 e. The summed E-state index contributed by atoms with van der Waals surface area (Å²) < 4.78 is 20.3. The fourth-order valence-corrected chi connectivity index (χ4v) is 13.2. The Hall–Kier alpha value is -5.80. The van der Waals surface area contributed by atoms with Crippen LogP contribution in [0.3, 0.4) is 0 Å². The number of thiophene rings is 3. The summed E-state index contributed by atoms with van der Waals surface area (Å²) in [5, 5.41) is 57.1. The van der Waals surface area contributed by atoms with E-state index in [0.29, 0.717) is 5.82 Å². The van der Waals surface area contributed by atoms with Crippen molar-refractivity contribution in [3.8, 4) is 31.7 Å². The second-order valence-electron chi connectivity index (χ2n) is 23.0. The molecule has 0 spiro atoms. The fourth-order valence-electron chi connectivity index (χ4n) is 9.37. The average molecular weight is 1270 g/mol. The summed E-state index contributed by atoms with van der Waals surface area (Å²) in [7, 11) is 0. The molecular formula is C60H84BrN15O5S3. The maximum atomic E-state index is 9.74. The highest BCUT2D eigenvalue weighted by molar-refractivity contribution is 9.10. The van der Waals surface area contributed by atoms with E-state index in [1.54, 1.807) is 40.2 Å². The number of halogens is 1. The molecule has 2 fully saturated rings. The van der Waals surface area contributed by atoms with Crippen LogP contribution in [0.2, 0.25) is 0 Å². The number of fused-ring (bicyclic) bond motifs is 3. The zero-order valence-corrected chi connectivity index (χ0v) is 53.7. The van der Waals surface area contributed by atoms with Gasteiger partial charge < -0.3 is 57.5 Å². The molecule has 2 unspecified atom stereocenters. The summed E-state index contributed by atoms with van der Waals surface area (Å²) in [5.74, 6) is 2.17. The quantitative estimate of drug-likeness (QED) is 0.0405. The van der Waals surface area contributed by atoms with E-state index in [1.165, 1.54) is 6.42 Å². The molecule has 454 valence electrons. The van der Waals surface area contributed by atoms with Crippen LogP contribution in [0.15, 0.2) is 77.7 Å². The minimum Gasteiger partial charge on any atom is -0.395 e. The second kappa shape index (κ2) is 29.5. The van der Waals surface area contributed by atoms with Crippen molar-refractivity contribution in [3.63, 3.8) is 0 Å². The van der Waals surface area contributed by atoms with Crippen molar-refractivity contribution in [2.45, 2.75) is 162 Å². The Morgan fingerprint density at radius 1 is 0.631 bits per heavy atom. The van der Waals surface area contributed by atoms with E-state index in [2.05, 4.69) is 135 Å². The van der Waals surface area contributed by atoms with Gasteiger partial charge in [0, 0.05) is 77.6 Å². The van der Waals surface area contributed by atoms with Crippen molar-refractivity contribution in [1.82, 2.24) is 44.7 Å². The predicted octanol–water partition coefficient (Wildman–Crippen LogP) is 13.3. The standard InChI is InChI=1S/C23H33N5O2S.C19H23BrN4OS.C14H17N5OS.C4H11NO/c1-5-15(14-29)25-17-13-20(27-23(2,3)4)26-16-12-19(31-22(16)17)18-9-10-24-28(18)21-8-6-7-11-30-21;1-19(2,3)23-16-10-12(20)18-13(22-16)11-15(26-18)14-7-8-21-24(14)17-6-4-5-9-25-17;1-2-8(7-20)17-11-6-13(15)18-10-5-12(21-14(10)11)9-3-4-16-19-9;1-2-4(5)3-6/h9-10,12-13,15,21,29H,5-8,11,14H2,1-4H3,(H2,25,26,27);7-8,10-11,17H,4-6,9H2,1-3H3,(H,22,23);3-6,8,20H,2,7H2,1H3,(H,16,19)(H3,15,17,18);4,6H,2-3,5H2,1H3/t15-,21?;;8-;4-/m0.00/s1.